The zero-order chi connectivity index (χ0) is 26.9. The number of amides is 2. The second-order valence-corrected chi connectivity index (χ2v) is 12.7. The molecular weight excluding hydrogens is 500 g/mol. The van der Waals surface area contributed by atoms with Crippen molar-refractivity contribution in [2.24, 2.45) is 5.41 Å². The Morgan fingerprint density at radius 2 is 1.86 bits per heavy atom. The van der Waals surface area contributed by atoms with Crippen LogP contribution < -0.4 is 16.0 Å². The fourth-order valence-electron chi connectivity index (χ4n) is 6.53. The zero-order valence-electron chi connectivity index (χ0n) is 21.3. The third-order valence-corrected chi connectivity index (χ3v) is 8.14. The van der Waals surface area contributed by atoms with Gasteiger partial charge in [0.05, 0.1) is 11.6 Å². The number of carbonyl (C=O) groups excluding carboxylic acids is 2. The topological polar surface area (TPSA) is 90.5 Å². The third kappa shape index (κ3) is 4.43. The molecule has 4 atom stereocenters. The molecule has 5 rings (SSSR count). The maximum atomic E-state index is 14.7. The number of rotatable bonds is 4. The quantitative estimate of drug-likeness (QED) is 0.471. The van der Waals surface area contributed by atoms with Crippen molar-refractivity contribution in [3.63, 3.8) is 0 Å². The molecule has 198 valence electrons. The van der Waals surface area contributed by atoms with E-state index in [2.05, 4.69) is 16.0 Å². The summed E-state index contributed by atoms with van der Waals surface area (Å²) in [6.45, 7) is 7.80. The molecule has 1 saturated heterocycles. The lowest BCUT2D eigenvalue weighted by Gasteiger charge is -2.42. The molecule has 2 aromatic carbocycles. The standard InChI is InChI=1S/C28H32ClF2N3O3/c1-26(2,3)13-21-28(17-9-18(30)19(31)10-20(17)33-25(28)36)22(14-6-5-7-15(29)8-14)23(34-21)24(35)32-16-11-27(4,37)12-16/h5-10,16,21-23,34,37H,11-13H2,1-4H3,(H,32,35)(H,33,36)/t16?,21-,22-,23+,27?,28+/m0/s1. The van der Waals surface area contributed by atoms with Gasteiger partial charge in [-0.25, -0.2) is 8.78 Å². The molecule has 1 aliphatic carbocycles. The van der Waals surface area contributed by atoms with Crippen LogP contribution in [0.5, 0.6) is 0 Å². The SMILES string of the molecule is CC(C)(C)C[C@@H]1N[C@@H](C(=O)NC2CC(C)(O)C2)[C@H](c2cccc(Cl)c2)[C@]12C(=O)Nc1cc(F)c(F)cc12. The Labute approximate surface area is 220 Å². The minimum atomic E-state index is -1.39. The fourth-order valence-corrected chi connectivity index (χ4v) is 6.73. The Bertz CT molecular complexity index is 1270. The van der Waals surface area contributed by atoms with Crippen LogP contribution in [-0.4, -0.2) is 40.6 Å². The highest BCUT2D eigenvalue weighted by Gasteiger charge is 2.66. The van der Waals surface area contributed by atoms with Crippen LogP contribution in [-0.2, 0) is 15.0 Å². The van der Waals surface area contributed by atoms with E-state index in [1.165, 1.54) is 0 Å². The predicted octanol–water partition coefficient (Wildman–Crippen LogP) is 4.40. The Hall–Kier alpha value is -2.55. The molecule has 2 fully saturated rings. The van der Waals surface area contributed by atoms with E-state index < -0.39 is 46.6 Å². The van der Waals surface area contributed by atoms with Gasteiger partial charge in [-0.3, -0.25) is 9.59 Å². The van der Waals surface area contributed by atoms with Crippen molar-refractivity contribution in [2.75, 3.05) is 5.32 Å². The maximum Gasteiger partial charge on any atom is 0.238 e. The summed E-state index contributed by atoms with van der Waals surface area (Å²) >= 11 is 6.36. The molecular formula is C28H32ClF2N3O3. The number of carbonyl (C=O) groups is 2. The van der Waals surface area contributed by atoms with Gasteiger partial charge in [-0.05, 0) is 60.9 Å². The van der Waals surface area contributed by atoms with Gasteiger partial charge in [0.25, 0.3) is 0 Å². The Kier molecular flexibility index (Phi) is 6.17. The van der Waals surface area contributed by atoms with Crippen molar-refractivity contribution in [1.29, 1.82) is 0 Å². The van der Waals surface area contributed by atoms with Crippen LogP contribution in [0.2, 0.25) is 5.02 Å². The Morgan fingerprint density at radius 3 is 2.49 bits per heavy atom. The number of benzene rings is 2. The van der Waals surface area contributed by atoms with Crippen LogP contribution in [0.1, 0.15) is 64.0 Å². The summed E-state index contributed by atoms with van der Waals surface area (Å²) in [7, 11) is 0. The Morgan fingerprint density at radius 1 is 1.19 bits per heavy atom. The molecule has 2 aromatic rings. The van der Waals surface area contributed by atoms with Crippen molar-refractivity contribution in [3.8, 4) is 0 Å². The van der Waals surface area contributed by atoms with Crippen LogP contribution in [0.25, 0.3) is 0 Å². The largest absolute Gasteiger partial charge is 0.390 e. The van der Waals surface area contributed by atoms with E-state index in [1.807, 2.05) is 20.8 Å². The molecule has 9 heteroatoms. The minimum absolute atomic E-state index is 0.196. The molecule has 2 aliphatic heterocycles. The first-order chi connectivity index (χ1) is 17.2. The first-order valence-electron chi connectivity index (χ1n) is 12.6. The van der Waals surface area contributed by atoms with E-state index in [0.717, 1.165) is 12.1 Å². The van der Waals surface area contributed by atoms with E-state index in [9.17, 15) is 23.5 Å². The Balaban J connectivity index is 1.68. The van der Waals surface area contributed by atoms with Gasteiger partial charge in [-0.1, -0.05) is 44.5 Å². The van der Waals surface area contributed by atoms with Crippen molar-refractivity contribution in [1.82, 2.24) is 10.6 Å². The lowest BCUT2D eigenvalue weighted by Crippen LogP contribution is -2.57. The number of hydrogen-bond donors (Lipinski definition) is 4. The molecule has 1 saturated carbocycles. The summed E-state index contributed by atoms with van der Waals surface area (Å²) < 4.78 is 28.9. The van der Waals surface area contributed by atoms with Crippen molar-refractivity contribution in [3.05, 3.63) is 64.2 Å². The molecule has 0 radical (unpaired) electrons. The summed E-state index contributed by atoms with van der Waals surface area (Å²) in [5.41, 5.74) is -1.31. The van der Waals surface area contributed by atoms with E-state index in [4.69, 9.17) is 11.6 Å². The number of fused-ring (bicyclic) bond motifs is 2. The van der Waals surface area contributed by atoms with Crippen LogP contribution in [0.3, 0.4) is 0 Å². The van der Waals surface area contributed by atoms with Gasteiger partial charge in [-0.15, -0.1) is 0 Å². The predicted molar refractivity (Wildman–Crippen MR) is 137 cm³/mol. The van der Waals surface area contributed by atoms with Crippen molar-refractivity contribution >= 4 is 29.1 Å². The molecule has 0 aromatic heterocycles. The molecule has 3 aliphatic rings. The highest BCUT2D eigenvalue weighted by Crippen LogP contribution is 2.56. The summed E-state index contributed by atoms with van der Waals surface area (Å²) in [5, 5.41) is 19.8. The van der Waals surface area contributed by atoms with Gasteiger partial charge in [0.1, 0.15) is 5.41 Å². The smallest absolute Gasteiger partial charge is 0.238 e. The number of anilines is 1. The molecule has 2 heterocycles. The highest BCUT2D eigenvalue weighted by molar-refractivity contribution is 6.30. The zero-order valence-corrected chi connectivity index (χ0v) is 22.0. The monoisotopic (exact) mass is 531 g/mol. The van der Waals surface area contributed by atoms with E-state index in [0.29, 0.717) is 35.4 Å². The molecule has 1 spiro atoms. The first-order valence-corrected chi connectivity index (χ1v) is 12.9. The van der Waals surface area contributed by atoms with Gasteiger partial charge in [0, 0.05) is 34.8 Å². The van der Waals surface area contributed by atoms with Gasteiger partial charge in [0.2, 0.25) is 11.8 Å². The van der Waals surface area contributed by atoms with E-state index in [1.54, 1.807) is 31.2 Å². The first kappa shape index (κ1) is 26.1. The summed E-state index contributed by atoms with van der Waals surface area (Å²) in [5.74, 6) is -3.60. The van der Waals surface area contributed by atoms with Crippen LogP contribution in [0.4, 0.5) is 14.5 Å². The van der Waals surface area contributed by atoms with Crippen molar-refractivity contribution in [2.45, 2.75) is 82.0 Å². The van der Waals surface area contributed by atoms with Gasteiger partial charge in [-0.2, -0.15) is 0 Å². The molecule has 2 amide bonds. The minimum Gasteiger partial charge on any atom is -0.390 e. The molecule has 0 unspecified atom stereocenters. The number of aliphatic hydroxyl groups is 1. The van der Waals surface area contributed by atoms with E-state index >= 15 is 0 Å². The molecule has 0 bridgehead atoms. The summed E-state index contributed by atoms with van der Waals surface area (Å²) in [6, 6.07) is 7.44. The second-order valence-electron chi connectivity index (χ2n) is 12.2. The van der Waals surface area contributed by atoms with Gasteiger partial charge >= 0.3 is 0 Å². The van der Waals surface area contributed by atoms with Crippen LogP contribution >= 0.6 is 11.6 Å². The van der Waals surface area contributed by atoms with E-state index in [-0.39, 0.29) is 23.1 Å². The highest BCUT2D eigenvalue weighted by atomic mass is 35.5. The molecule has 37 heavy (non-hydrogen) atoms. The second kappa shape index (κ2) is 8.75. The molecule has 4 N–H and O–H groups in total. The van der Waals surface area contributed by atoms with Crippen LogP contribution in [0.15, 0.2) is 36.4 Å². The number of hydrogen-bond acceptors (Lipinski definition) is 4. The maximum absolute atomic E-state index is 14.7. The summed E-state index contributed by atoms with van der Waals surface area (Å²) in [4.78, 5) is 27.8. The molecule has 6 nitrogen and oxygen atoms in total. The lowest BCUT2D eigenvalue weighted by molar-refractivity contribution is -0.127. The average molecular weight is 532 g/mol. The average Bonchev–Trinajstić information content (AvgIpc) is 3.22. The normalized spacial score (nSPS) is 32.7. The summed E-state index contributed by atoms with van der Waals surface area (Å²) in [6.07, 6.45) is 1.34. The third-order valence-electron chi connectivity index (χ3n) is 7.91. The number of nitrogens with one attached hydrogen (secondary N) is 3. The van der Waals surface area contributed by atoms with Crippen molar-refractivity contribution < 1.29 is 23.5 Å². The number of halogens is 3. The fraction of sp³-hybridized carbons (Fsp3) is 0.500. The van der Waals surface area contributed by atoms with Crippen LogP contribution in [0, 0.1) is 17.0 Å². The van der Waals surface area contributed by atoms with Gasteiger partial charge < -0.3 is 21.1 Å². The lowest BCUT2D eigenvalue weighted by atomic mass is 9.62. The van der Waals surface area contributed by atoms with Gasteiger partial charge in [0.15, 0.2) is 11.6 Å².